The monoisotopic (exact) mass is 370 g/mol. The van der Waals surface area contributed by atoms with E-state index in [1.165, 1.54) is 12.1 Å². The van der Waals surface area contributed by atoms with E-state index >= 15 is 0 Å². The summed E-state index contributed by atoms with van der Waals surface area (Å²) in [6, 6.07) is 3.65. The minimum absolute atomic E-state index is 0.00317. The molecule has 0 aliphatic carbocycles. The molecule has 3 aliphatic rings. The minimum atomic E-state index is -0.699. The fraction of sp³-hybridized carbons (Fsp3) is 0.438. The Morgan fingerprint density at radius 2 is 2.16 bits per heavy atom. The summed E-state index contributed by atoms with van der Waals surface area (Å²) < 4.78 is 19.8. The molecule has 0 radical (unpaired) electrons. The van der Waals surface area contributed by atoms with E-state index in [1.54, 1.807) is 9.80 Å². The van der Waals surface area contributed by atoms with Crippen molar-refractivity contribution in [3.05, 3.63) is 34.6 Å². The van der Waals surface area contributed by atoms with Gasteiger partial charge in [0.25, 0.3) is 12.4 Å². The number of likely N-dealkylation sites (tertiary alicyclic amines) is 1. The first kappa shape index (κ1) is 17.6. The van der Waals surface area contributed by atoms with Crippen LogP contribution in [-0.2, 0) is 14.3 Å². The maximum absolute atomic E-state index is 14.0. The average molecular weight is 371 g/mol. The zero-order valence-corrected chi connectivity index (χ0v) is 13.9. The van der Waals surface area contributed by atoms with Gasteiger partial charge in [0.2, 0.25) is 5.91 Å². The summed E-state index contributed by atoms with van der Waals surface area (Å²) >= 11 is 5.73. The number of hydrogen-bond acceptors (Lipinski definition) is 4. The van der Waals surface area contributed by atoms with Gasteiger partial charge in [-0.3, -0.25) is 14.4 Å². The van der Waals surface area contributed by atoms with Crippen LogP contribution in [0.2, 0.25) is 5.02 Å². The van der Waals surface area contributed by atoms with E-state index < -0.39 is 17.4 Å². The van der Waals surface area contributed by atoms with Crippen molar-refractivity contribution in [1.29, 1.82) is 0 Å². The van der Waals surface area contributed by atoms with Crippen LogP contribution in [0.5, 0.6) is 0 Å². The van der Waals surface area contributed by atoms with E-state index in [4.69, 9.17) is 26.2 Å². The molecule has 4 rings (SSSR count). The summed E-state index contributed by atoms with van der Waals surface area (Å²) in [5.41, 5.74) is -0.722. The van der Waals surface area contributed by atoms with E-state index in [-0.39, 0.29) is 35.4 Å². The lowest BCUT2D eigenvalue weighted by atomic mass is 10.1. The lowest BCUT2D eigenvalue weighted by molar-refractivity contribution is -0.136. The van der Waals surface area contributed by atoms with Crippen LogP contribution < -0.4 is 0 Å². The standard InChI is InChI=1S/C15H14ClFN2O3.CH2O2/c16-9-1-2-10(11(17)7-9)14(21)18-4-3-15-12(18)8-13(20)19(15)5-6-22-15;2-1-3/h1-2,7,12H,3-6,8H2;1H,(H,2,3)/t12-,15+;/m1./s1. The predicted octanol–water partition coefficient (Wildman–Crippen LogP) is 1.35. The quantitative estimate of drug-likeness (QED) is 0.754. The third-order valence-corrected chi connectivity index (χ3v) is 5.06. The first-order chi connectivity index (χ1) is 11.9. The van der Waals surface area contributed by atoms with Gasteiger partial charge in [0.05, 0.1) is 24.6 Å². The van der Waals surface area contributed by atoms with Gasteiger partial charge >= 0.3 is 0 Å². The topological polar surface area (TPSA) is 87.2 Å². The summed E-state index contributed by atoms with van der Waals surface area (Å²) in [5, 5.41) is 7.13. The molecule has 0 aromatic heterocycles. The number of rotatable bonds is 1. The number of carboxylic acid groups (broad SMARTS) is 1. The second kappa shape index (κ2) is 6.61. The molecule has 134 valence electrons. The molecular formula is C16H16ClFN2O5. The van der Waals surface area contributed by atoms with Crippen LogP contribution in [0.4, 0.5) is 4.39 Å². The van der Waals surface area contributed by atoms with Gasteiger partial charge in [-0.1, -0.05) is 11.6 Å². The molecule has 2 amide bonds. The molecule has 3 fully saturated rings. The molecule has 0 unspecified atom stereocenters. The molecule has 9 heteroatoms. The molecular weight excluding hydrogens is 355 g/mol. The number of hydrogen-bond donors (Lipinski definition) is 1. The molecule has 1 spiro atoms. The number of carbonyl (C=O) groups is 3. The smallest absolute Gasteiger partial charge is 0.290 e. The molecule has 3 aliphatic heterocycles. The third-order valence-electron chi connectivity index (χ3n) is 4.82. The van der Waals surface area contributed by atoms with Crippen molar-refractivity contribution >= 4 is 29.9 Å². The fourth-order valence-corrected chi connectivity index (χ4v) is 4.01. The summed E-state index contributed by atoms with van der Waals surface area (Å²) in [5.74, 6) is -1.07. The maximum Gasteiger partial charge on any atom is 0.290 e. The van der Waals surface area contributed by atoms with Crippen LogP contribution in [0.15, 0.2) is 18.2 Å². The lowest BCUT2D eigenvalue weighted by Gasteiger charge is -2.31. The van der Waals surface area contributed by atoms with Gasteiger partial charge < -0.3 is 19.6 Å². The van der Waals surface area contributed by atoms with Crippen molar-refractivity contribution in [2.45, 2.75) is 24.6 Å². The highest BCUT2D eigenvalue weighted by atomic mass is 35.5. The number of nitrogens with zero attached hydrogens (tertiary/aromatic N) is 2. The van der Waals surface area contributed by atoms with Crippen molar-refractivity contribution in [1.82, 2.24) is 9.80 Å². The predicted molar refractivity (Wildman–Crippen MR) is 84.6 cm³/mol. The molecule has 1 N–H and O–H groups in total. The third kappa shape index (κ3) is 2.75. The van der Waals surface area contributed by atoms with Crippen molar-refractivity contribution in [3.8, 4) is 0 Å². The van der Waals surface area contributed by atoms with Crippen LogP contribution in [0, 0.1) is 5.82 Å². The second-order valence-electron chi connectivity index (χ2n) is 5.94. The average Bonchev–Trinajstić information content (AvgIpc) is 3.19. The highest BCUT2D eigenvalue weighted by molar-refractivity contribution is 6.30. The minimum Gasteiger partial charge on any atom is -0.483 e. The molecule has 3 saturated heterocycles. The Morgan fingerprint density at radius 3 is 2.84 bits per heavy atom. The lowest BCUT2D eigenvalue weighted by Crippen LogP contribution is -2.48. The van der Waals surface area contributed by atoms with Gasteiger partial charge in [-0.25, -0.2) is 4.39 Å². The molecule has 1 aromatic rings. The Hall–Kier alpha value is -2.19. The van der Waals surface area contributed by atoms with Crippen LogP contribution in [0.1, 0.15) is 23.2 Å². The van der Waals surface area contributed by atoms with Crippen LogP contribution >= 0.6 is 11.6 Å². The highest BCUT2D eigenvalue weighted by Crippen LogP contribution is 2.46. The van der Waals surface area contributed by atoms with E-state index in [0.717, 1.165) is 6.07 Å². The van der Waals surface area contributed by atoms with Crippen molar-refractivity contribution in [2.24, 2.45) is 0 Å². The Balaban J connectivity index is 0.000000569. The van der Waals surface area contributed by atoms with Gasteiger partial charge in [-0.05, 0) is 18.2 Å². The number of carbonyl (C=O) groups excluding carboxylic acids is 2. The SMILES string of the molecule is O=C(c1ccc(Cl)cc1F)N1CC[C@@]23OCCN2C(=O)C[C@@H]13.O=CO. The van der Waals surface area contributed by atoms with Crippen molar-refractivity contribution < 1.29 is 28.6 Å². The summed E-state index contributed by atoms with van der Waals surface area (Å²) in [7, 11) is 0. The van der Waals surface area contributed by atoms with E-state index in [1.807, 2.05) is 0 Å². The Labute approximate surface area is 147 Å². The molecule has 2 atom stereocenters. The Kier molecular flexibility index (Phi) is 4.66. The highest BCUT2D eigenvalue weighted by Gasteiger charge is 2.62. The molecule has 0 bridgehead atoms. The maximum atomic E-state index is 14.0. The molecule has 7 nitrogen and oxygen atoms in total. The molecule has 1 aromatic carbocycles. The van der Waals surface area contributed by atoms with E-state index in [9.17, 15) is 14.0 Å². The van der Waals surface area contributed by atoms with Crippen molar-refractivity contribution in [3.63, 3.8) is 0 Å². The summed E-state index contributed by atoms with van der Waals surface area (Å²) in [4.78, 5) is 36.4. The van der Waals surface area contributed by atoms with Gasteiger partial charge in [0.15, 0.2) is 5.72 Å². The Bertz CT molecular complexity index is 730. The number of halogens is 2. The van der Waals surface area contributed by atoms with Gasteiger partial charge in [0, 0.05) is 24.5 Å². The number of ether oxygens (including phenoxy) is 1. The normalized spacial score (nSPS) is 26.8. The first-order valence-electron chi connectivity index (χ1n) is 7.73. The first-order valence-corrected chi connectivity index (χ1v) is 8.10. The van der Waals surface area contributed by atoms with Crippen LogP contribution in [-0.4, -0.2) is 64.7 Å². The molecule has 0 saturated carbocycles. The zero-order chi connectivity index (χ0) is 18.2. The molecule has 25 heavy (non-hydrogen) atoms. The van der Waals surface area contributed by atoms with E-state index in [2.05, 4.69) is 0 Å². The number of benzene rings is 1. The van der Waals surface area contributed by atoms with Gasteiger partial charge in [-0.2, -0.15) is 0 Å². The fourth-order valence-electron chi connectivity index (χ4n) is 3.85. The van der Waals surface area contributed by atoms with Crippen LogP contribution in [0.3, 0.4) is 0 Å². The molecule has 3 heterocycles. The van der Waals surface area contributed by atoms with Gasteiger partial charge in [0.1, 0.15) is 5.82 Å². The van der Waals surface area contributed by atoms with Gasteiger partial charge in [-0.15, -0.1) is 0 Å². The van der Waals surface area contributed by atoms with Crippen molar-refractivity contribution in [2.75, 3.05) is 19.7 Å². The number of amides is 2. The summed E-state index contributed by atoms with van der Waals surface area (Å²) in [6.07, 6.45) is 0.811. The Morgan fingerprint density at radius 1 is 1.44 bits per heavy atom. The largest absolute Gasteiger partial charge is 0.483 e. The second-order valence-corrected chi connectivity index (χ2v) is 6.37. The zero-order valence-electron chi connectivity index (χ0n) is 13.2. The van der Waals surface area contributed by atoms with Crippen LogP contribution in [0.25, 0.3) is 0 Å². The van der Waals surface area contributed by atoms with E-state index in [0.29, 0.717) is 26.1 Å². The summed E-state index contributed by atoms with van der Waals surface area (Å²) in [6.45, 7) is 1.25.